The molecular formula is C51H30N4OS. The number of benzene rings is 8. The maximum atomic E-state index is 6.87. The number of hydrogen-bond acceptors (Lipinski definition) is 5. The van der Waals surface area contributed by atoms with Crippen molar-refractivity contribution in [2.75, 3.05) is 0 Å². The van der Waals surface area contributed by atoms with E-state index in [0.29, 0.717) is 17.5 Å². The first-order chi connectivity index (χ1) is 28.2. The zero-order valence-corrected chi connectivity index (χ0v) is 31.2. The fourth-order valence-electron chi connectivity index (χ4n) is 8.44. The van der Waals surface area contributed by atoms with E-state index in [-0.39, 0.29) is 0 Å². The van der Waals surface area contributed by atoms with Gasteiger partial charge in [-0.25, -0.2) is 15.0 Å². The van der Waals surface area contributed by atoms with Gasteiger partial charge in [0.1, 0.15) is 5.58 Å². The number of furan rings is 1. The van der Waals surface area contributed by atoms with Crippen molar-refractivity contribution in [1.82, 2.24) is 19.5 Å². The van der Waals surface area contributed by atoms with Crippen LogP contribution in [0, 0.1) is 0 Å². The molecule has 12 aromatic rings. The molecule has 12 rings (SSSR count). The maximum absolute atomic E-state index is 6.87. The van der Waals surface area contributed by atoms with Crippen LogP contribution in [0.3, 0.4) is 0 Å². The molecule has 0 aliphatic heterocycles. The van der Waals surface area contributed by atoms with Gasteiger partial charge in [-0.2, -0.15) is 0 Å². The standard InChI is InChI=1S/C51H30N4OS/c1-3-13-31(14-4-1)49-52-50(32-15-5-2-6-16-32)54-51(53-49)38-20-12-23-44-47(38)37-19-11-22-43(48(37)56-44)55-41-21-9-7-17-35(41)39-29-33(25-27-42(39)55)34-26-28-46-40(30-34)36-18-8-10-24-45(36)57-46/h1-30H. The Morgan fingerprint density at radius 2 is 1.00 bits per heavy atom. The molecule has 0 saturated heterocycles. The summed E-state index contributed by atoms with van der Waals surface area (Å²) in [6.07, 6.45) is 0. The number of nitrogens with zero attached hydrogens (tertiary/aromatic N) is 4. The van der Waals surface area contributed by atoms with Gasteiger partial charge in [-0.1, -0.05) is 133 Å². The van der Waals surface area contributed by atoms with E-state index in [1.54, 1.807) is 0 Å². The Bertz CT molecular complexity index is 3470. The number of thiophene rings is 1. The first kappa shape index (κ1) is 31.9. The lowest BCUT2D eigenvalue weighted by Crippen LogP contribution is -2.00. The molecule has 0 bridgehead atoms. The normalized spacial score (nSPS) is 11.9. The van der Waals surface area contributed by atoms with E-state index in [2.05, 4.69) is 114 Å². The van der Waals surface area contributed by atoms with Crippen molar-refractivity contribution in [2.24, 2.45) is 0 Å². The highest BCUT2D eigenvalue weighted by Crippen LogP contribution is 2.43. The molecule has 8 aromatic carbocycles. The first-order valence-corrected chi connectivity index (χ1v) is 19.8. The maximum Gasteiger partial charge on any atom is 0.164 e. The largest absolute Gasteiger partial charge is 0.454 e. The van der Waals surface area contributed by atoms with Crippen LogP contribution in [0.15, 0.2) is 186 Å². The molecule has 0 amide bonds. The second-order valence-corrected chi connectivity index (χ2v) is 15.5. The van der Waals surface area contributed by atoms with Crippen LogP contribution in [-0.2, 0) is 0 Å². The predicted molar refractivity (Wildman–Crippen MR) is 236 cm³/mol. The molecule has 0 fully saturated rings. The monoisotopic (exact) mass is 746 g/mol. The highest BCUT2D eigenvalue weighted by atomic mass is 32.1. The third kappa shape index (κ3) is 5.04. The first-order valence-electron chi connectivity index (χ1n) is 19.0. The van der Waals surface area contributed by atoms with Crippen molar-refractivity contribution in [3.63, 3.8) is 0 Å². The molecule has 6 heteroatoms. The summed E-state index contributed by atoms with van der Waals surface area (Å²) in [5.74, 6) is 1.84. The van der Waals surface area contributed by atoms with Crippen molar-refractivity contribution in [1.29, 1.82) is 0 Å². The Morgan fingerprint density at radius 1 is 0.404 bits per heavy atom. The van der Waals surface area contributed by atoms with Crippen molar-refractivity contribution in [2.45, 2.75) is 0 Å². The summed E-state index contributed by atoms with van der Waals surface area (Å²) in [7, 11) is 0. The average molecular weight is 747 g/mol. The quantitative estimate of drug-likeness (QED) is 0.176. The van der Waals surface area contributed by atoms with E-state index >= 15 is 0 Å². The highest BCUT2D eigenvalue weighted by molar-refractivity contribution is 7.25. The van der Waals surface area contributed by atoms with Gasteiger partial charge in [-0.05, 0) is 59.7 Å². The molecule has 0 unspecified atom stereocenters. The van der Waals surface area contributed by atoms with E-state index in [1.807, 2.05) is 84.1 Å². The molecule has 0 radical (unpaired) electrons. The summed E-state index contributed by atoms with van der Waals surface area (Å²) in [4.78, 5) is 15.1. The molecule has 0 N–H and O–H groups in total. The lowest BCUT2D eigenvalue weighted by Gasteiger charge is -2.10. The smallest absolute Gasteiger partial charge is 0.164 e. The highest BCUT2D eigenvalue weighted by Gasteiger charge is 2.22. The summed E-state index contributed by atoms with van der Waals surface area (Å²) in [5.41, 5.74) is 9.95. The molecule has 4 heterocycles. The van der Waals surface area contributed by atoms with E-state index in [9.17, 15) is 0 Å². The van der Waals surface area contributed by atoms with Crippen LogP contribution in [-0.4, -0.2) is 19.5 Å². The van der Waals surface area contributed by atoms with Crippen molar-refractivity contribution >= 4 is 75.3 Å². The molecule has 0 atom stereocenters. The van der Waals surface area contributed by atoms with Crippen molar-refractivity contribution in [3.05, 3.63) is 182 Å². The van der Waals surface area contributed by atoms with Crippen LogP contribution >= 0.6 is 11.3 Å². The fourth-order valence-corrected chi connectivity index (χ4v) is 9.53. The van der Waals surface area contributed by atoms with Gasteiger partial charge in [0.25, 0.3) is 0 Å². The molecular weight excluding hydrogens is 717 g/mol. The zero-order chi connectivity index (χ0) is 37.5. The number of hydrogen-bond donors (Lipinski definition) is 0. The van der Waals surface area contributed by atoms with Crippen LogP contribution in [0.4, 0.5) is 0 Å². The van der Waals surface area contributed by atoms with Gasteiger partial charge in [0.05, 0.1) is 16.7 Å². The average Bonchev–Trinajstić information content (AvgIpc) is 3.96. The van der Waals surface area contributed by atoms with Gasteiger partial charge in [-0.3, -0.25) is 0 Å². The summed E-state index contributed by atoms with van der Waals surface area (Å²) in [6.45, 7) is 0. The fraction of sp³-hybridized carbons (Fsp3) is 0. The molecule has 0 aliphatic carbocycles. The molecule has 4 aromatic heterocycles. The zero-order valence-electron chi connectivity index (χ0n) is 30.4. The lowest BCUT2D eigenvalue weighted by molar-refractivity contribution is 0.666. The van der Waals surface area contributed by atoms with Gasteiger partial charge >= 0.3 is 0 Å². The predicted octanol–water partition coefficient (Wildman–Crippen LogP) is 13.9. The Morgan fingerprint density at radius 3 is 1.79 bits per heavy atom. The molecule has 266 valence electrons. The number of rotatable bonds is 5. The summed E-state index contributed by atoms with van der Waals surface area (Å²) >= 11 is 1.85. The van der Waals surface area contributed by atoms with Gasteiger partial charge in [0.15, 0.2) is 23.1 Å². The Hall–Kier alpha value is -7.41. The van der Waals surface area contributed by atoms with Crippen molar-refractivity contribution < 1.29 is 4.42 Å². The summed E-state index contributed by atoms with van der Waals surface area (Å²) in [6, 6.07) is 63.8. The minimum absolute atomic E-state index is 0.597. The van der Waals surface area contributed by atoms with Crippen molar-refractivity contribution in [3.8, 4) is 51.0 Å². The van der Waals surface area contributed by atoms with Crippen LogP contribution in [0.1, 0.15) is 0 Å². The second-order valence-electron chi connectivity index (χ2n) is 14.4. The van der Waals surface area contributed by atoms with Crippen LogP contribution in [0.25, 0.3) is 115 Å². The third-order valence-corrected chi connectivity index (χ3v) is 12.2. The topological polar surface area (TPSA) is 56.7 Å². The molecule has 5 nitrogen and oxygen atoms in total. The molecule has 0 spiro atoms. The molecule has 0 aliphatic rings. The Labute approximate surface area is 330 Å². The number of fused-ring (bicyclic) bond motifs is 9. The number of aromatic nitrogens is 4. The third-order valence-electron chi connectivity index (χ3n) is 11.1. The van der Waals surface area contributed by atoms with E-state index in [0.717, 1.165) is 55.3 Å². The van der Waals surface area contributed by atoms with E-state index in [4.69, 9.17) is 19.4 Å². The molecule has 57 heavy (non-hydrogen) atoms. The van der Waals surface area contributed by atoms with Crippen LogP contribution in [0.2, 0.25) is 0 Å². The van der Waals surface area contributed by atoms with E-state index in [1.165, 1.54) is 42.1 Å². The minimum atomic E-state index is 0.597. The summed E-state index contributed by atoms with van der Waals surface area (Å²) < 4.78 is 11.8. The van der Waals surface area contributed by atoms with Crippen LogP contribution in [0.5, 0.6) is 0 Å². The van der Waals surface area contributed by atoms with Crippen LogP contribution < -0.4 is 0 Å². The van der Waals surface area contributed by atoms with Gasteiger partial charge in [-0.15, -0.1) is 11.3 Å². The summed E-state index contributed by atoms with van der Waals surface area (Å²) in [5, 5.41) is 6.97. The second kappa shape index (κ2) is 12.6. The Balaban J connectivity index is 1.05. The van der Waals surface area contributed by atoms with E-state index < -0.39 is 0 Å². The lowest BCUT2D eigenvalue weighted by atomic mass is 10.0. The van der Waals surface area contributed by atoms with Gasteiger partial charge < -0.3 is 8.98 Å². The Kier molecular flexibility index (Phi) is 7.03. The SMILES string of the molecule is c1ccc(-c2nc(-c3ccccc3)nc(-c3cccc4oc5c(-n6c7ccccc7c7cc(-c8ccc9sc%10ccccc%10c9c8)ccc76)cccc5c34)n2)cc1. The van der Waals surface area contributed by atoms with Gasteiger partial charge in [0, 0.05) is 58.4 Å². The number of para-hydroxylation sites is 2. The molecule has 0 saturated carbocycles. The minimum Gasteiger partial charge on any atom is -0.454 e. The van der Waals surface area contributed by atoms with Gasteiger partial charge in [0.2, 0.25) is 0 Å².